The van der Waals surface area contributed by atoms with Crippen LogP contribution in [0.25, 0.3) is 0 Å². The molecule has 0 fully saturated rings. The number of benzene rings is 2. The van der Waals surface area contributed by atoms with Crippen molar-refractivity contribution < 1.29 is 14.6 Å². The van der Waals surface area contributed by atoms with Crippen LogP contribution in [0.2, 0.25) is 0 Å². The van der Waals surface area contributed by atoms with Gasteiger partial charge in [0.25, 0.3) is 5.69 Å². The lowest BCUT2D eigenvalue weighted by Gasteiger charge is -2.26. The number of nitro groups is 2. The van der Waals surface area contributed by atoms with Gasteiger partial charge in [-0.15, -0.1) is 0 Å². The van der Waals surface area contributed by atoms with E-state index >= 15 is 0 Å². The van der Waals surface area contributed by atoms with Crippen LogP contribution in [-0.4, -0.2) is 9.85 Å². The maximum absolute atomic E-state index is 11.4. The summed E-state index contributed by atoms with van der Waals surface area (Å²) in [5.74, 6) is 0.481. The second kappa shape index (κ2) is 6.98. The van der Waals surface area contributed by atoms with Gasteiger partial charge >= 0.3 is 5.69 Å². The zero-order chi connectivity index (χ0) is 20.6. The van der Waals surface area contributed by atoms with E-state index in [2.05, 4.69) is 20.8 Å². The first-order valence-corrected chi connectivity index (χ1v) is 8.56. The Balaban J connectivity index is 2.62. The highest BCUT2D eigenvalue weighted by Crippen LogP contribution is 2.40. The van der Waals surface area contributed by atoms with Crippen LogP contribution in [0.5, 0.6) is 11.5 Å². The molecule has 7 nitrogen and oxygen atoms in total. The molecule has 0 aromatic heterocycles. The van der Waals surface area contributed by atoms with Crippen molar-refractivity contribution in [1.29, 1.82) is 0 Å². The second-order valence-electron chi connectivity index (χ2n) is 8.48. The molecule has 2 rings (SSSR count). The van der Waals surface area contributed by atoms with Gasteiger partial charge in [0, 0.05) is 11.6 Å². The van der Waals surface area contributed by atoms with Crippen LogP contribution >= 0.6 is 0 Å². The zero-order valence-corrected chi connectivity index (χ0v) is 16.4. The number of nitro benzene ring substituents is 2. The van der Waals surface area contributed by atoms with Crippen molar-refractivity contribution in [3.8, 4) is 11.5 Å². The largest absolute Gasteiger partial charge is 0.450 e. The third-order valence-corrected chi connectivity index (χ3v) is 4.23. The van der Waals surface area contributed by atoms with E-state index in [9.17, 15) is 20.2 Å². The lowest BCUT2D eigenvalue weighted by Crippen LogP contribution is -2.16. The molecule has 0 aliphatic carbocycles. The van der Waals surface area contributed by atoms with Gasteiger partial charge < -0.3 is 4.74 Å². The molecule has 0 amide bonds. The lowest BCUT2D eigenvalue weighted by atomic mass is 9.81. The van der Waals surface area contributed by atoms with Gasteiger partial charge in [0.05, 0.1) is 15.9 Å². The molecule has 2 aromatic carbocycles. The Bertz CT molecular complexity index is 892. The molecule has 0 saturated carbocycles. The van der Waals surface area contributed by atoms with Gasteiger partial charge in [-0.2, -0.15) is 0 Å². The lowest BCUT2D eigenvalue weighted by molar-refractivity contribution is -0.394. The SMILES string of the molecule is CC(C)(C)c1ccc(C(C)(C)C)c(Oc2ccc([N+](=O)[O-])cc2[N+](=O)[O-])c1. The van der Waals surface area contributed by atoms with Crippen molar-refractivity contribution in [1.82, 2.24) is 0 Å². The predicted octanol–water partition coefficient (Wildman–Crippen LogP) is 5.89. The molecule has 0 saturated heterocycles. The Morgan fingerprint density at radius 1 is 0.778 bits per heavy atom. The summed E-state index contributed by atoms with van der Waals surface area (Å²) >= 11 is 0. The number of ether oxygens (including phenoxy) is 1. The van der Waals surface area contributed by atoms with Crippen LogP contribution in [0.3, 0.4) is 0 Å². The molecular weight excluding hydrogens is 348 g/mol. The van der Waals surface area contributed by atoms with Crippen molar-refractivity contribution in [2.45, 2.75) is 52.4 Å². The molecule has 0 N–H and O–H groups in total. The van der Waals surface area contributed by atoms with Crippen LogP contribution in [-0.2, 0) is 10.8 Å². The molecule has 0 unspecified atom stereocenters. The fourth-order valence-corrected chi connectivity index (χ4v) is 2.66. The molecular formula is C20H24N2O5. The molecule has 0 aliphatic rings. The minimum Gasteiger partial charge on any atom is -0.450 e. The van der Waals surface area contributed by atoms with Crippen molar-refractivity contribution in [2.24, 2.45) is 0 Å². The van der Waals surface area contributed by atoms with Crippen LogP contribution in [0.1, 0.15) is 52.7 Å². The first-order chi connectivity index (χ1) is 12.3. The molecule has 0 bridgehead atoms. The van der Waals surface area contributed by atoms with Crippen molar-refractivity contribution in [2.75, 3.05) is 0 Å². The van der Waals surface area contributed by atoms with E-state index in [0.717, 1.165) is 17.2 Å². The summed E-state index contributed by atoms with van der Waals surface area (Å²) in [6, 6.07) is 9.26. The van der Waals surface area contributed by atoms with E-state index in [-0.39, 0.29) is 22.3 Å². The third kappa shape index (κ3) is 4.61. The van der Waals surface area contributed by atoms with E-state index in [4.69, 9.17) is 4.74 Å². The van der Waals surface area contributed by atoms with Gasteiger partial charge in [-0.1, -0.05) is 53.7 Å². The van der Waals surface area contributed by atoms with Gasteiger partial charge in [-0.05, 0) is 28.5 Å². The monoisotopic (exact) mass is 372 g/mol. The number of rotatable bonds is 4. The van der Waals surface area contributed by atoms with Crippen LogP contribution in [0.4, 0.5) is 11.4 Å². The molecule has 0 atom stereocenters. The van der Waals surface area contributed by atoms with E-state index in [0.29, 0.717) is 5.75 Å². The quantitative estimate of drug-likeness (QED) is 0.492. The Kier molecular flexibility index (Phi) is 5.26. The van der Waals surface area contributed by atoms with Crippen LogP contribution in [0, 0.1) is 20.2 Å². The Morgan fingerprint density at radius 2 is 1.41 bits per heavy atom. The fraction of sp³-hybridized carbons (Fsp3) is 0.400. The topological polar surface area (TPSA) is 95.5 Å². The summed E-state index contributed by atoms with van der Waals surface area (Å²) in [5.41, 5.74) is 0.744. The highest BCUT2D eigenvalue weighted by molar-refractivity contribution is 5.56. The highest BCUT2D eigenvalue weighted by Gasteiger charge is 2.26. The summed E-state index contributed by atoms with van der Waals surface area (Å²) in [7, 11) is 0. The van der Waals surface area contributed by atoms with Crippen LogP contribution in [0.15, 0.2) is 36.4 Å². The van der Waals surface area contributed by atoms with Gasteiger partial charge in [-0.3, -0.25) is 20.2 Å². The number of hydrogen-bond acceptors (Lipinski definition) is 5. The molecule has 27 heavy (non-hydrogen) atoms. The summed E-state index contributed by atoms with van der Waals surface area (Å²) in [4.78, 5) is 21.0. The smallest absolute Gasteiger partial charge is 0.318 e. The number of hydrogen-bond donors (Lipinski definition) is 0. The Morgan fingerprint density at radius 3 is 1.89 bits per heavy atom. The average Bonchev–Trinajstić information content (AvgIpc) is 2.52. The molecule has 7 heteroatoms. The standard InChI is InChI=1S/C20H24N2O5/c1-19(2,3)13-7-9-15(20(4,5)6)18(11-13)27-17-10-8-14(21(23)24)12-16(17)22(25)26/h7-12H,1-6H3. The summed E-state index contributed by atoms with van der Waals surface area (Å²) < 4.78 is 5.93. The second-order valence-corrected chi connectivity index (χ2v) is 8.48. The zero-order valence-electron chi connectivity index (χ0n) is 16.4. The Hall–Kier alpha value is -2.96. The molecule has 0 aliphatic heterocycles. The van der Waals surface area contributed by atoms with E-state index in [1.807, 2.05) is 39.0 Å². The Labute approximate surface area is 158 Å². The molecule has 0 spiro atoms. The number of non-ortho nitro benzene ring substituents is 1. The summed E-state index contributed by atoms with van der Waals surface area (Å²) in [5, 5.41) is 22.3. The average molecular weight is 372 g/mol. The first kappa shape index (κ1) is 20.4. The molecule has 2 aromatic rings. The van der Waals surface area contributed by atoms with Crippen molar-refractivity contribution in [3.05, 3.63) is 67.8 Å². The summed E-state index contributed by atoms with van der Waals surface area (Å²) in [6.45, 7) is 12.3. The maximum atomic E-state index is 11.4. The normalized spacial score (nSPS) is 11.9. The van der Waals surface area contributed by atoms with E-state index < -0.39 is 15.5 Å². The van der Waals surface area contributed by atoms with Gasteiger partial charge in [-0.25, -0.2) is 0 Å². The van der Waals surface area contributed by atoms with Gasteiger partial charge in [0.15, 0.2) is 0 Å². The van der Waals surface area contributed by atoms with Crippen LogP contribution < -0.4 is 4.74 Å². The van der Waals surface area contributed by atoms with Crippen molar-refractivity contribution >= 4 is 11.4 Å². The minimum absolute atomic E-state index is 0.0258. The molecule has 144 valence electrons. The predicted molar refractivity (Wildman–Crippen MR) is 104 cm³/mol. The van der Waals surface area contributed by atoms with Crippen molar-refractivity contribution in [3.63, 3.8) is 0 Å². The highest BCUT2D eigenvalue weighted by atomic mass is 16.6. The molecule has 0 heterocycles. The number of nitrogens with zero attached hydrogens (tertiary/aromatic N) is 2. The first-order valence-electron chi connectivity index (χ1n) is 8.56. The fourth-order valence-electron chi connectivity index (χ4n) is 2.66. The molecule has 0 radical (unpaired) electrons. The van der Waals surface area contributed by atoms with E-state index in [1.165, 1.54) is 12.1 Å². The summed E-state index contributed by atoms with van der Waals surface area (Å²) in [6.07, 6.45) is 0. The van der Waals surface area contributed by atoms with E-state index in [1.54, 1.807) is 0 Å². The maximum Gasteiger partial charge on any atom is 0.318 e. The third-order valence-electron chi connectivity index (χ3n) is 4.23. The van der Waals surface area contributed by atoms with Gasteiger partial charge in [0.2, 0.25) is 5.75 Å². The minimum atomic E-state index is -0.674. The van der Waals surface area contributed by atoms with Gasteiger partial charge in [0.1, 0.15) is 5.75 Å².